The van der Waals surface area contributed by atoms with Gasteiger partial charge in [0.1, 0.15) is 6.07 Å². The van der Waals surface area contributed by atoms with Crippen molar-refractivity contribution in [2.45, 2.75) is 13.3 Å². The van der Waals surface area contributed by atoms with Gasteiger partial charge >= 0.3 is 0 Å². The molecule has 26 heavy (non-hydrogen) atoms. The number of nitrogens with one attached hydrogen (secondary N) is 2. The van der Waals surface area contributed by atoms with E-state index in [9.17, 15) is 9.59 Å². The average Bonchev–Trinajstić information content (AvgIpc) is 2.62. The van der Waals surface area contributed by atoms with Crippen LogP contribution in [-0.4, -0.2) is 36.9 Å². The van der Waals surface area contributed by atoms with E-state index < -0.39 is 0 Å². The summed E-state index contributed by atoms with van der Waals surface area (Å²) < 4.78 is 0. The van der Waals surface area contributed by atoms with Gasteiger partial charge < -0.3 is 10.6 Å². The Labute approximate surface area is 153 Å². The second-order valence-electron chi connectivity index (χ2n) is 5.94. The maximum Gasteiger partial charge on any atom is 0.238 e. The van der Waals surface area contributed by atoms with Crippen molar-refractivity contribution < 1.29 is 9.59 Å². The molecule has 0 atom stereocenters. The molecule has 0 aliphatic carbocycles. The average molecular weight is 350 g/mol. The molecule has 0 aliphatic rings. The van der Waals surface area contributed by atoms with Gasteiger partial charge in [0.25, 0.3) is 0 Å². The van der Waals surface area contributed by atoms with Gasteiger partial charge in [-0.15, -0.1) is 0 Å². The predicted molar refractivity (Wildman–Crippen MR) is 102 cm³/mol. The van der Waals surface area contributed by atoms with Crippen LogP contribution in [0.15, 0.2) is 48.5 Å². The molecule has 0 bridgehead atoms. The smallest absolute Gasteiger partial charge is 0.238 e. The van der Waals surface area contributed by atoms with Crippen LogP contribution in [0.3, 0.4) is 0 Å². The Kier molecular flexibility index (Phi) is 6.89. The lowest BCUT2D eigenvalue weighted by atomic mass is 10.1. The fourth-order valence-electron chi connectivity index (χ4n) is 2.57. The lowest BCUT2D eigenvalue weighted by molar-refractivity contribution is -0.119. The number of carbonyl (C=O) groups excluding carboxylic acids is 2. The zero-order chi connectivity index (χ0) is 18.9. The highest BCUT2D eigenvalue weighted by Gasteiger charge is 2.13. The Morgan fingerprint density at radius 3 is 2.12 bits per heavy atom. The number of rotatable bonds is 7. The van der Waals surface area contributed by atoms with Gasteiger partial charge in [-0.2, -0.15) is 5.26 Å². The number of para-hydroxylation sites is 2. The van der Waals surface area contributed by atoms with Crippen molar-refractivity contribution in [1.82, 2.24) is 4.90 Å². The predicted octanol–water partition coefficient (Wildman–Crippen LogP) is 2.63. The number of aryl methyl sites for hydroxylation is 1. The Morgan fingerprint density at radius 1 is 0.962 bits per heavy atom. The van der Waals surface area contributed by atoms with Crippen molar-refractivity contribution in [3.8, 4) is 6.07 Å². The largest absolute Gasteiger partial charge is 0.325 e. The molecule has 6 nitrogen and oxygen atoms in total. The highest BCUT2D eigenvalue weighted by Crippen LogP contribution is 2.15. The van der Waals surface area contributed by atoms with Gasteiger partial charge in [-0.05, 0) is 37.2 Å². The minimum absolute atomic E-state index is 0.0443. The minimum atomic E-state index is -0.281. The fourth-order valence-corrected chi connectivity index (χ4v) is 2.57. The summed E-state index contributed by atoms with van der Waals surface area (Å²) in [4.78, 5) is 26.0. The van der Waals surface area contributed by atoms with Gasteiger partial charge in [-0.1, -0.05) is 37.3 Å². The number of benzene rings is 2. The molecule has 0 radical (unpaired) electrons. The molecule has 2 aromatic carbocycles. The third kappa shape index (κ3) is 5.43. The highest BCUT2D eigenvalue weighted by atomic mass is 16.2. The molecule has 0 heterocycles. The number of hydrogen-bond donors (Lipinski definition) is 2. The topological polar surface area (TPSA) is 85.2 Å². The summed E-state index contributed by atoms with van der Waals surface area (Å²) in [6.07, 6.45) is 0.826. The van der Waals surface area contributed by atoms with Crippen LogP contribution in [0, 0.1) is 11.3 Å². The van der Waals surface area contributed by atoms with Gasteiger partial charge in [0.15, 0.2) is 0 Å². The van der Waals surface area contributed by atoms with Crippen LogP contribution in [0.2, 0.25) is 0 Å². The molecular formula is C20H22N4O2. The maximum atomic E-state index is 12.2. The summed E-state index contributed by atoms with van der Waals surface area (Å²) in [7, 11) is 1.70. The van der Waals surface area contributed by atoms with Crippen LogP contribution in [0.4, 0.5) is 11.4 Å². The third-order valence-electron chi connectivity index (χ3n) is 3.82. The molecule has 2 amide bonds. The number of carbonyl (C=O) groups is 2. The van der Waals surface area contributed by atoms with Crippen molar-refractivity contribution in [2.24, 2.45) is 0 Å². The Bertz CT molecular complexity index is 827. The molecule has 0 aliphatic heterocycles. The van der Waals surface area contributed by atoms with Gasteiger partial charge in [0.2, 0.25) is 11.8 Å². The van der Waals surface area contributed by atoms with Crippen LogP contribution in [-0.2, 0) is 16.0 Å². The van der Waals surface area contributed by atoms with Crippen molar-refractivity contribution in [3.05, 3.63) is 59.7 Å². The number of nitriles is 1. The number of likely N-dealkylation sites (N-methyl/N-ethyl adjacent to an activating group) is 1. The SMILES string of the molecule is CCc1ccccc1NC(=O)CN(C)CC(=O)Nc1ccccc1C#N. The monoisotopic (exact) mass is 350 g/mol. The second-order valence-corrected chi connectivity index (χ2v) is 5.94. The number of nitrogens with zero attached hydrogens (tertiary/aromatic N) is 2. The van der Waals surface area contributed by atoms with E-state index in [-0.39, 0.29) is 24.9 Å². The van der Waals surface area contributed by atoms with Gasteiger partial charge in [0, 0.05) is 5.69 Å². The van der Waals surface area contributed by atoms with Gasteiger partial charge in [0.05, 0.1) is 24.3 Å². The second kappa shape index (κ2) is 9.35. The Morgan fingerprint density at radius 2 is 1.50 bits per heavy atom. The summed E-state index contributed by atoms with van der Waals surface area (Å²) in [6, 6.07) is 16.5. The molecule has 0 aromatic heterocycles. The third-order valence-corrected chi connectivity index (χ3v) is 3.82. The fraction of sp³-hybridized carbons (Fsp3) is 0.250. The first-order valence-corrected chi connectivity index (χ1v) is 8.38. The maximum absolute atomic E-state index is 12.2. The van der Waals surface area contributed by atoms with Crippen LogP contribution >= 0.6 is 0 Å². The molecule has 0 saturated heterocycles. The minimum Gasteiger partial charge on any atom is -0.325 e. The lowest BCUT2D eigenvalue weighted by Crippen LogP contribution is -2.36. The van der Waals surface area contributed by atoms with E-state index >= 15 is 0 Å². The molecule has 0 unspecified atom stereocenters. The van der Waals surface area contributed by atoms with Crippen molar-refractivity contribution in [1.29, 1.82) is 5.26 Å². The standard InChI is InChI=1S/C20H22N4O2/c1-3-15-8-4-6-10-17(15)22-19(25)13-24(2)14-20(26)23-18-11-7-5-9-16(18)12-21/h4-11H,3,13-14H2,1-2H3,(H,22,25)(H,23,26). The first-order chi connectivity index (χ1) is 12.5. The van der Waals surface area contributed by atoms with E-state index in [0.717, 1.165) is 17.7 Å². The first kappa shape index (κ1) is 19.2. The molecule has 2 N–H and O–H groups in total. The molecular weight excluding hydrogens is 328 g/mol. The van der Waals surface area contributed by atoms with E-state index in [4.69, 9.17) is 5.26 Å². The lowest BCUT2D eigenvalue weighted by Gasteiger charge is -2.17. The van der Waals surface area contributed by atoms with E-state index in [1.807, 2.05) is 37.3 Å². The quantitative estimate of drug-likeness (QED) is 0.804. The first-order valence-electron chi connectivity index (χ1n) is 8.38. The van der Waals surface area contributed by atoms with E-state index in [1.54, 1.807) is 36.2 Å². The van der Waals surface area contributed by atoms with E-state index in [2.05, 4.69) is 10.6 Å². The van der Waals surface area contributed by atoms with Gasteiger partial charge in [-0.25, -0.2) is 0 Å². The molecule has 2 aromatic rings. The Hall–Kier alpha value is -3.17. The van der Waals surface area contributed by atoms with Crippen LogP contribution in [0.1, 0.15) is 18.1 Å². The highest BCUT2D eigenvalue weighted by molar-refractivity contribution is 5.95. The zero-order valence-electron chi connectivity index (χ0n) is 15.0. The summed E-state index contributed by atoms with van der Waals surface area (Å²) >= 11 is 0. The van der Waals surface area contributed by atoms with Gasteiger partial charge in [-0.3, -0.25) is 14.5 Å². The molecule has 0 spiro atoms. The number of amides is 2. The van der Waals surface area contributed by atoms with E-state index in [0.29, 0.717) is 11.3 Å². The van der Waals surface area contributed by atoms with Crippen LogP contribution in [0.25, 0.3) is 0 Å². The van der Waals surface area contributed by atoms with Crippen LogP contribution < -0.4 is 10.6 Å². The normalized spacial score (nSPS) is 10.2. The summed E-state index contributed by atoms with van der Waals surface area (Å²) in [6.45, 7) is 2.16. The van der Waals surface area contributed by atoms with Crippen LogP contribution in [0.5, 0.6) is 0 Å². The van der Waals surface area contributed by atoms with Crippen molar-refractivity contribution in [2.75, 3.05) is 30.8 Å². The Balaban J connectivity index is 1.87. The summed E-state index contributed by atoms with van der Waals surface area (Å²) in [5, 5.41) is 14.6. The number of anilines is 2. The molecule has 2 rings (SSSR count). The van der Waals surface area contributed by atoms with E-state index in [1.165, 1.54) is 0 Å². The zero-order valence-corrected chi connectivity index (χ0v) is 15.0. The molecule has 0 saturated carbocycles. The summed E-state index contributed by atoms with van der Waals surface area (Å²) in [5.74, 6) is -0.462. The van der Waals surface area contributed by atoms with Crippen molar-refractivity contribution >= 4 is 23.2 Å². The molecule has 6 heteroatoms. The molecule has 134 valence electrons. The number of hydrogen-bond acceptors (Lipinski definition) is 4. The summed E-state index contributed by atoms with van der Waals surface area (Å²) in [5.41, 5.74) is 2.72. The van der Waals surface area contributed by atoms with Crippen molar-refractivity contribution in [3.63, 3.8) is 0 Å². The molecule has 0 fully saturated rings.